The third-order valence-electron chi connectivity index (χ3n) is 5.59. The van der Waals surface area contributed by atoms with E-state index in [0.29, 0.717) is 23.2 Å². The van der Waals surface area contributed by atoms with E-state index in [9.17, 15) is 8.42 Å². The number of aromatic nitrogens is 2. The van der Waals surface area contributed by atoms with Gasteiger partial charge in [0.1, 0.15) is 5.82 Å². The maximum Gasteiger partial charge on any atom is 0.240 e. The van der Waals surface area contributed by atoms with Crippen LogP contribution >= 0.6 is 0 Å². The van der Waals surface area contributed by atoms with Crippen molar-refractivity contribution >= 4 is 43.5 Å². The average molecular weight is 464 g/mol. The van der Waals surface area contributed by atoms with Crippen LogP contribution in [0.2, 0.25) is 0 Å². The molecule has 0 bridgehead atoms. The number of unbranched alkanes of at least 4 members (excludes halogenated alkanes) is 4. The second kappa shape index (κ2) is 10.6. The second-order valence-corrected chi connectivity index (χ2v) is 9.82. The third kappa shape index (κ3) is 5.97. The lowest BCUT2D eigenvalue weighted by atomic mass is 10.1. The van der Waals surface area contributed by atoms with E-state index in [0.717, 1.165) is 60.3 Å². The number of sulfonamides is 1. The Labute approximate surface area is 194 Å². The topological polar surface area (TPSA) is 110 Å². The minimum Gasteiger partial charge on any atom is -0.383 e. The first kappa shape index (κ1) is 22.9. The molecule has 33 heavy (non-hydrogen) atoms. The van der Waals surface area contributed by atoms with Gasteiger partial charge in [0.15, 0.2) is 0 Å². The molecule has 0 spiro atoms. The van der Waals surface area contributed by atoms with Crippen molar-refractivity contribution in [1.82, 2.24) is 14.7 Å². The van der Waals surface area contributed by atoms with Gasteiger partial charge in [-0.25, -0.2) is 18.1 Å². The lowest BCUT2D eigenvalue weighted by molar-refractivity contribution is 0.570. The predicted molar refractivity (Wildman–Crippen MR) is 135 cm³/mol. The molecular weight excluding hydrogens is 434 g/mol. The summed E-state index contributed by atoms with van der Waals surface area (Å²) in [5, 5.41) is 6.05. The van der Waals surface area contributed by atoms with Gasteiger partial charge < -0.3 is 11.1 Å². The molecule has 172 valence electrons. The monoisotopic (exact) mass is 463 g/mol. The standard InChI is InChI=1S/C25H29N5O2S/c26-24-22-12-6-7-13-23(22)29-25(30-24)27-16-8-2-1-3-9-17-28-33(31,32)21-15-14-19-10-4-5-11-20(19)18-21/h4-7,10-15,18,28H,1-3,8-9,16-17H2,(H3,26,27,29,30). The summed E-state index contributed by atoms with van der Waals surface area (Å²) in [5.74, 6) is 1.03. The van der Waals surface area contributed by atoms with Gasteiger partial charge in [-0.05, 0) is 47.9 Å². The molecule has 3 aromatic carbocycles. The number of nitrogens with two attached hydrogens (primary N) is 1. The highest BCUT2D eigenvalue weighted by atomic mass is 32.2. The Hall–Kier alpha value is -3.23. The highest BCUT2D eigenvalue weighted by Gasteiger charge is 2.13. The normalized spacial score (nSPS) is 11.8. The Kier molecular flexibility index (Phi) is 7.36. The van der Waals surface area contributed by atoms with E-state index in [1.54, 1.807) is 12.1 Å². The predicted octanol–water partition coefficient (Wildman–Crippen LogP) is 4.71. The summed E-state index contributed by atoms with van der Waals surface area (Å²) < 4.78 is 27.8. The smallest absolute Gasteiger partial charge is 0.240 e. The summed E-state index contributed by atoms with van der Waals surface area (Å²) >= 11 is 0. The lowest BCUT2D eigenvalue weighted by Gasteiger charge is -2.09. The highest BCUT2D eigenvalue weighted by molar-refractivity contribution is 7.89. The lowest BCUT2D eigenvalue weighted by Crippen LogP contribution is -2.24. The molecule has 1 heterocycles. The van der Waals surface area contributed by atoms with Crippen LogP contribution in [-0.4, -0.2) is 31.5 Å². The van der Waals surface area contributed by atoms with Gasteiger partial charge in [-0.3, -0.25) is 0 Å². The third-order valence-corrected chi connectivity index (χ3v) is 7.05. The van der Waals surface area contributed by atoms with Crippen LogP contribution in [-0.2, 0) is 10.0 Å². The van der Waals surface area contributed by atoms with E-state index in [1.165, 1.54) is 0 Å². The molecule has 0 amide bonds. The quantitative estimate of drug-likeness (QED) is 0.278. The molecular formula is C25H29N5O2S. The summed E-state index contributed by atoms with van der Waals surface area (Å²) in [6.45, 7) is 1.21. The summed E-state index contributed by atoms with van der Waals surface area (Å²) in [5.41, 5.74) is 6.84. The molecule has 4 N–H and O–H groups in total. The van der Waals surface area contributed by atoms with Gasteiger partial charge in [0, 0.05) is 18.5 Å². The number of rotatable bonds is 11. The van der Waals surface area contributed by atoms with Gasteiger partial charge >= 0.3 is 0 Å². The number of anilines is 2. The van der Waals surface area contributed by atoms with E-state index >= 15 is 0 Å². The molecule has 0 saturated carbocycles. The van der Waals surface area contributed by atoms with Crippen LogP contribution in [0.15, 0.2) is 71.6 Å². The number of fused-ring (bicyclic) bond motifs is 2. The Balaban J connectivity index is 1.13. The number of benzene rings is 3. The summed E-state index contributed by atoms with van der Waals surface area (Å²) in [7, 11) is -3.49. The first-order valence-corrected chi connectivity index (χ1v) is 12.8. The zero-order valence-corrected chi connectivity index (χ0v) is 19.3. The fourth-order valence-electron chi connectivity index (χ4n) is 3.79. The minimum atomic E-state index is -3.49. The maximum atomic E-state index is 12.6. The number of nitrogens with zero attached hydrogens (tertiary/aromatic N) is 2. The van der Waals surface area contributed by atoms with Crippen LogP contribution in [0.1, 0.15) is 32.1 Å². The maximum absolute atomic E-state index is 12.6. The van der Waals surface area contributed by atoms with Crippen LogP contribution in [0.25, 0.3) is 21.7 Å². The van der Waals surface area contributed by atoms with Crippen molar-refractivity contribution in [3.63, 3.8) is 0 Å². The van der Waals surface area contributed by atoms with Crippen LogP contribution < -0.4 is 15.8 Å². The molecule has 7 nitrogen and oxygen atoms in total. The SMILES string of the molecule is Nc1nc(NCCCCCCCNS(=O)(=O)c2ccc3ccccc3c2)nc2ccccc12. The number of nitrogen functional groups attached to an aromatic ring is 1. The van der Waals surface area contributed by atoms with Crippen molar-refractivity contribution in [2.75, 3.05) is 24.1 Å². The zero-order valence-electron chi connectivity index (χ0n) is 18.5. The van der Waals surface area contributed by atoms with Crippen molar-refractivity contribution in [1.29, 1.82) is 0 Å². The summed E-state index contributed by atoms with van der Waals surface area (Å²) in [6.07, 6.45) is 4.86. The second-order valence-electron chi connectivity index (χ2n) is 8.05. The van der Waals surface area contributed by atoms with E-state index in [2.05, 4.69) is 20.0 Å². The van der Waals surface area contributed by atoms with Gasteiger partial charge in [-0.2, -0.15) is 4.98 Å². The van der Waals surface area contributed by atoms with Gasteiger partial charge in [0.2, 0.25) is 16.0 Å². The van der Waals surface area contributed by atoms with Crippen molar-refractivity contribution in [3.8, 4) is 0 Å². The molecule has 4 aromatic rings. The number of nitrogens with one attached hydrogen (secondary N) is 2. The largest absolute Gasteiger partial charge is 0.383 e. The molecule has 0 radical (unpaired) electrons. The van der Waals surface area contributed by atoms with E-state index in [-0.39, 0.29) is 0 Å². The van der Waals surface area contributed by atoms with Crippen LogP contribution in [0.4, 0.5) is 11.8 Å². The first-order valence-electron chi connectivity index (χ1n) is 11.3. The minimum absolute atomic E-state index is 0.309. The summed E-state index contributed by atoms with van der Waals surface area (Å²) in [6, 6.07) is 20.7. The van der Waals surface area contributed by atoms with Gasteiger partial charge in [-0.15, -0.1) is 0 Å². The van der Waals surface area contributed by atoms with Crippen LogP contribution in [0.3, 0.4) is 0 Å². The number of hydrogen-bond donors (Lipinski definition) is 3. The molecule has 0 fully saturated rings. The first-order chi connectivity index (χ1) is 16.0. The molecule has 1 aromatic heterocycles. The molecule has 8 heteroatoms. The Bertz CT molecular complexity index is 1340. The van der Waals surface area contributed by atoms with Crippen molar-refractivity contribution in [2.45, 2.75) is 37.0 Å². The Morgan fingerprint density at radius 1 is 0.758 bits per heavy atom. The zero-order chi connectivity index (χ0) is 23.1. The Morgan fingerprint density at radius 2 is 1.45 bits per heavy atom. The van der Waals surface area contributed by atoms with E-state index in [1.807, 2.05) is 54.6 Å². The molecule has 0 unspecified atom stereocenters. The van der Waals surface area contributed by atoms with E-state index in [4.69, 9.17) is 5.73 Å². The number of para-hydroxylation sites is 1. The van der Waals surface area contributed by atoms with Crippen molar-refractivity contribution in [3.05, 3.63) is 66.7 Å². The van der Waals surface area contributed by atoms with E-state index < -0.39 is 10.0 Å². The molecule has 0 saturated heterocycles. The van der Waals surface area contributed by atoms with Crippen molar-refractivity contribution < 1.29 is 8.42 Å². The van der Waals surface area contributed by atoms with Gasteiger partial charge in [0.25, 0.3) is 0 Å². The van der Waals surface area contributed by atoms with Gasteiger partial charge in [0.05, 0.1) is 10.4 Å². The van der Waals surface area contributed by atoms with Crippen LogP contribution in [0, 0.1) is 0 Å². The summed E-state index contributed by atoms with van der Waals surface area (Å²) in [4.78, 5) is 9.12. The van der Waals surface area contributed by atoms with Gasteiger partial charge in [-0.1, -0.05) is 61.7 Å². The fourth-order valence-corrected chi connectivity index (χ4v) is 4.89. The van der Waals surface area contributed by atoms with Crippen molar-refractivity contribution in [2.24, 2.45) is 0 Å². The molecule has 0 aliphatic rings. The fraction of sp³-hybridized carbons (Fsp3) is 0.280. The highest BCUT2D eigenvalue weighted by Crippen LogP contribution is 2.20. The van der Waals surface area contributed by atoms with Crippen LogP contribution in [0.5, 0.6) is 0 Å². The molecule has 0 atom stereocenters. The Morgan fingerprint density at radius 3 is 2.30 bits per heavy atom. The molecule has 0 aliphatic heterocycles. The number of hydrogen-bond acceptors (Lipinski definition) is 6. The molecule has 0 aliphatic carbocycles. The molecule has 4 rings (SSSR count). The average Bonchev–Trinajstić information content (AvgIpc) is 2.82.